The molecule has 166 valence electrons. The highest BCUT2D eigenvalue weighted by molar-refractivity contribution is 6.29. The number of nitrogens with one attached hydrogen (secondary N) is 1. The molecule has 1 aliphatic carbocycles. The third-order valence-corrected chi connectivity index (χ3v) is 6.19. The fourth-order valence-corrected chi connectivity index (χ4v) is 4.75. The third kappa shape index (κ3) is 4.81. The molecule has 0 fully saturated rings. The van der Waals surface area contributed by atoms with Crippen LogP contribution in [0.4, 0.5) is 11.5 Å². The Hall–Kier alpha value is -2.85. The highest BCUT2D eigenvalue weighted by atomic mass is 35.5. The number of halogens is 1. The van der Waals surface area contributed by atoms with Crippen LogP contribution in [0.2, 0.25) is 5.15 Å². The number of hydrogen-bond acceptors (Lipinski definition) is 4. The van der Waals surface area contributed by atoms with Crippen molar-refractivity contribution in [2.75, 3.05) is 11.9 Å². The summed E-state index contributed by atoms with van der Waals surface area (Å²) in [6.45, 7) is 8.93. The summed E-state index contributed by atoms with van der Waals surface area (Å²) in [5, 5.41) is 14.7. The molecule has 0 atom stereocenters. The van der Waals surface area contributed by atoms with Crippen LogP contribution >= 0.6 is 11.6 Å². The molecule has 0 unspecified atom stereocenters. The molecule has 32 heavy (non-hydrogen) atoms. The minimum Gasteiger partial charge on any atom is -0.494 e. The number of fused-ring (bicyclic) bond motifs is 1. The second-order valence-electron chi connectivity index (χ2n) is 8.59. The summed E-state index contributed by atoms with van der Waals surface area (Å²) in [6.07, 6.45) is 4.33. The van der Waals surface area contributed by atoms with Crippen molar-refractivity contribution >= 4 is 34.3 Å². The Kier molecular flexibility index (Phi) is 6.80. The number of hydrogen-bond donors (Lipinski definition) is 1. The smallest absolute Gasteiger partial charge is 0.161 e. The van der Waals surface area contributed by atoms with Gasteiger partial charge >= 0.3 is 0 Å². The highest BCUT2D eigenvalue weighted by Gasteiger charge is 2.13. The number of benzene rings is 2. The molecule has 1 aliphatic rings. The second-order valence-corrected chi connectivity index (χ2v) is 8.94. The van der Waals surface area contributed by atoms with Crippen LogP contribution in [0.15, 0.2) is 42.5 Å². The molecule has 0 bridgehead atoms. The van der Waals surface area contributed by atoms with Gasteiger partial charge in [-0.2, -0.15) is 0 Å². The SMILES string of the molecule is CCOc1ccc(C/C(C)=c2/c(Nc3ccc4c(c3)CCC4)nnc(Cl)c2=C(C)C)cc1. The first-order valence-corrected chi connectivity index (χ1v) is 11.6. The van der Waals surface area contributed by atoms with Crippen molar-refractivity contribution in [2.24, 2.45) is 0 Å². The molecule has 0 spiro atoms. The number of ether oxygens (including phenoxy) is 1. The van der Waals surface area contributed by atoms with Crippen molar-refractivity contribution < 1.29 is 4.74 Å². The van der Waals surface area contributed by atoms with Gasteiger partial charge in [0.1, 0.15) is 5.75 Å². The molecule has 0 radical (unpaired) electrons. The Morgan fingerprint density at radius 2 is 1.72 bits per heavy atom. The lowest BCUT2D eigenvalue weighted by Crippen LogP contribution is -2.34. The molecule has 1 aromatic heterocycles. The van der Waals surface area contributed by atoms with E-state index in [0.29, 0.717) is 11.8 Å². The lowest BCUT2D eigenvalue weighted by molar-refractivity contribution is 0.340. The van der Waals surface area contributed by atoms with E-state index in [2.05, 4.69) is 66.6 Å². The van der Waals surface area contributed by atoms with Gasteiger partial charge in [-0.1, -0.05) is 40.9 Å². The Morgan fingerprint density at radius 3 is 2.44 bits per heavy atom. The van der Waals surface area contributed by atoms with Gasteiger partial charge in [0.05, 0.1) is 6.61 Å². The van der Waals surface area contributed by atoms with E-state index in [-0.39, 0.29) is 0 Å². The summed E-state index contributed by atoms with van der Waals surface area (Å²) in [5.74, 6) is 1.63. The third-order valence-electron chi connectivity index (χ3n) is 5.92. The van der Waals surface area contributed by atoms with Crippen LogP contribution in [-0.4, -0.2) is 16.8 Å². The van der Waals surface area contributed by atoms with Crippen molar-refractivity contribution in [2.45, 2.75) is 53.4 Å². The molecular formula is C27H30ClN3O. The lowest BCUT2D eigenvalue weighted by atomic mass is 10.0. The second kappa shape index (κ2) is 9.74. The van der Waals surface area contributed by atoms with Gasteiger partial charge in [-0.3, -0.25) is 0 Å². The topological polar surface area (TPSA) is 47.0 Å². The van der Waals surface area contributed by atoms with Crippen LogP contribution in [0.1, 0.15) is 50.8 Å². The molecule has 1 heterocycles. The predicted octanol–water partition coefficient (Wildman–Crippen LogP) is 5.36. The number of nitrogens with zero attached hydrogens (tertiary/aromatic N) is 2. The van der Waals surface area contributed by atoms with Crippen LogP contribution in [0.3, 0.4) is 0 Å². The normalized spacial score (nSPS) is 13.5. The van der Waals surface area contributed by atoms with Crippen LogP contribution in [0.25, 0.3) is 11.1 Å². The minimum absolute atomic E-state index is 0.436. The minimum atomic E-state index is 0.436. The van der Waals surface area contributed by atoms with Gasteiger partial charge in [-0.25, -0.2) is 0 Å². The van der Waals surface area contributed by atoms with Gasteiger partial charge in [0.25, 0.3) is 0 Å². The maximum atomic E-state index is 6.53. The van der Waals surface area contributed by atoms with Gasteiger partial charge in [0, 0.05) is 16.1 Å². The van der Waals surface area contributed by atoms with E-state index in [1.54, 1.807) is 0 Å². The first kappa shape index (κ1) is 22.3. The molecule has 4 nitrogen and oxygen atoms in total. The Balaban J connectivity index is 1.78. The molecular weight excluding hydrogens is 418 g/mol. The Labute approximate surface area is 195 Å². The van der Waals surface area contributed by atoms with Crippen LogP contribution < -0.4 is 20.5 Å². The zero-order chi connectivity index (χ0) is 22.7. The largest absolute Gasteiger partial charge is 0.494 e. The van der Waals surface area contributed by atoms with E-state index in [4.69, 9.17) is 16.3 Å². The zero-order valence-corrected chi connectivity index (χ0v) is 20.0. The van der Waals surface area contributed by atoms with E-state index in [9.17, 15) is 0 Å². The van der Waals surface area contributed by atoms with Crippen molar-refractivity contribution in [1.29, 1.82) is 0 Å². The zero-order valence-electron chi connectivity index (χ0n) is 19.3. The number of aromatic nitrogens is 2. The standard InChI is InChI=1S/C27H30ClN3O/c1-5-32-23-13-9-19(10-14-23)15-18(4)25-24(17(2)3)26(28)30-31-27(25)29-22-12-11-20-7-6-8-21(20)16-22/h9-14,16H,5-8,15H2,1-4H3,(H,29,31)/b25-18+. The van der Waals surface area contributed by atoms with Gasteiger partial charge in [0.2, 0.25) is 0 Å². The summed E-state index contributed by atoms with van der Waals surface area (Å²) >= 11 is 6.53. The van der Waals surface area contributed by atoms with E-state index >= 15 is 0 Å². The van der Waals surface area contributed by atoms with Crippen molar-refractivity contribution in [3.05, 3.63) is 74.7 Å². The monoisotopic (exact) mass is 447 g/mol. The molecule has 0 saturated heterocycles. The van der Waals surface area contributed by atoms with Gasteiger partial charge in [0.15, 0.2) is 11.0 Å². The Bertz CT molecular complexity index is 1250. The summed E-state index contributed by atoms with van der Waals surface area (Å²) in [6, 6.07) is 14.9. The summed E-state index contributed by atoms with van der Waals surface area (Å²) in [5.41, 5.74) is 7.43. The first-order chi connectivity index (χ1) is 15.5. The van der Waals surface area contributed by atoms with Crippen LogP contribution in [0, 0.1) is 0 Å². The summed E-state index contributed by atoms with van der Waals surface area (Å²) in [4.78, 5) is 0. The molecule has 2 aromatic carbocycles. The van der Waals surface area contributed by atoms with Gasteiger partial charge < -0.3 is 10.1 Å². The molecule has 5 heteroatoms. The van der Waals surface area contributed by atoms with Crippen molar-refractivity contribution in [1.82, 2.24) is 10.2 Å². The van der Waals surface area contributed by atoms with Gasteiger partial charge in [-0.15, -0.1) is 10.2 Å². The average Bonchev–Trinajstić information content (AvgIpc) is 3.24. The molecule has 0 aliphatic heterocycles. The number of anilines is 2. The fraction of sp³-hybridized carbons (Fsp3) is 0.333. The molecule has 4 rings (SSSR count). The van der Waals surface area contributed by atoms with E-state index in [1.165, 1.54) is 35.1 Å². The lowest BCUT2D eigenvalue weighted by Gasteiger charge is -2.12. The molecule has 0 amide bonds. The van der Waals surface area contributed by atoms with Crippen molar-refractivity contribution in [3.63, 3.8) is 0 Å². The quantitative estimate of drug-likeness (QED) is 0.552. The molecule has 0 saturated carbocycles. The maximum Gasteiger partial charge on any atom is 0.161 e. The van der Waals surface area contributed by atoms with Crippen molar-refractivity contribution in [3.8, 4) is 5.75 Å². The molecule has 3 aromatic rings. The van der Waals surface area contributed by atoms with E-state index < -0.39 is 0 Å². The van der Waals surface area contributed by atoms with E-state index in [0.717, 1.165) is 46.1 Å². The fourth-order valence-electron chi connectivity index (χ4n) is 4.43. The highest BCUT2D eigenvalue weighted by Crippen LogP contribution is 2.26. The summed E-state index contributed by atoms with van der Waals surface area (Å²) in [7, 11) is 0. The summed E-state index contributed by atoms with van der Waals surface area (Å²) < 4.78 is 5.58. The maximum absolute atomic E-state index is 6.53. The van der Waals surface area contributed by atoms with Crippen LogP contribution in [0.5, 0.6) is 5.75 Å². The van der Waals surface area contributed by atoms with E-state index in [1.807, 2.05) is 19.1 Å². The molecule has 1 N–H and O–H groups in total. The van der Waals surface area contributed by atoms with Crippen LogP contribution in [-0.2, 0) is 19.3 Å². The first-order valence-electron chi connectivity index (χ1n) is 11.3. The number of rotatable bonds is 6. The Morgan fingerprint density at radius 1 is 0.969 bits per heavy atom. The van der Waals surface area contributed by atoms with Gasteiger partial charge in [-0.05, 0) is 94.3 Å². The number of aryl methyl sites for hydroxylation is 2. The predicted molar refractivity (Wildman–Crippen MR) is 133 cm³/mol. The average molecular weight is 448 g/mol.